The second-order valence-electron chi connectivity index (χ2n) is 10.4. The molecule has 0 aliphatic rings. The molecule has 1 heterocycles. The number of benzene rings is 3. The first-order chi connectivity index (χ1) is 19.9. The molecule has 218 valence electrons. The summed E-state index contributed by atoms with van der Waals surface area (Å²) in [7, 11) is 0. The molecule has 4 rings (SSSR count). The van der Waals surface area contributed by atoms with Gasteiger partial charge in [-0.15, -0.1) is 0 Å². The molecule has 42 heavy (non-hydrogen) atoms. The third-order valence-corrected chi connectivity index (χ3v) is 6.62. The van der Waals surface area contributed by atoms with Crippen LogP contribution in [0.3, 0.4) is 0 Å². The molecule has 0 spiro atoms. The van der Waals surface area contributed by atoms with Crippen molar-refractivity contribution < 1.29 is 19.2 Å². The van der Waals surface area contributed by atoms with Gasteiger partial charge < -0.3 is 14.8 Å². The molecular formula is C30H30BrN5O6. The fourth-order valence-electron chi connectivity index (χ4n) is 4.13. The van der Waals surface area contributed by atoms with E-state index in [9.17, 15) is 19.7 Å². The zero-order valence-corrected chi connectivity index (χ0v) is 25.4. The van der Waals surface area contributed by atoms with Crippen molar-refractivity contribution >= 4 is 50.3 Å². The maximum Gasteiger partial charge on any atom is 0.315 e. The van der Waals surface area contributed by atoms with Crippen molar-refractivity contribution in [2.45, 2.75) is 40.0 Å². The lowest BCUT2D eigenvalue weighted by Crippen LogP contribution is -2.29. The van der Waals surface area contributed by atoms with Crippen molar-refractivity contribution in [1.29, 1.82) is 0 Å². The zero-order chi connectivity index (χ0) is 30.6. The summed E-state index contributed by atoms with van der Waals surface area (Å²) in [5.74, 6) is -0.210. The van der Waals surface area contributed by atoms with E-state index in [0.717, 1.165) is 5.56 Å². The summed E-state index contributed by atoms with van der Waals surface area (Å²) in [6.45, 7) is 8.99. The maximum absolute atomic E-state index is 13.5. The van der Waals surface area contributed by atoms with E-state index in [4.69, 9.17) is 9.47 Å². The number of aryl methyl sites for hydroxylation is 1. The molecule has 1 N–H and O–H groups in total. The van der Waals surface area contributed by atoms with Crippen molar-refractivity contribution in [3.63, 3.8) is 0 Å². The number of hydrogen-bond acceptors (Lipinski definition) is 8. The first-order valence-corrected chi connectivity index (χ1v) is 13.9. The van der Waals surface area contributed by atoms with Gasteiger partial charge in [-0.2, -0.15) is 9.78 Å². The Morgan fingerprint density at radius 3 is 2.57 bits per heavy atom. The number of rotatable bonds is 9. The van der Waals surface area contributed by atoms with Crippen molar-refractivity contribution in [3.05, 3.63) is 96.5 Å². The van der Waals surface area contributed by atoms with E-state index in [1.165, 1.54) is 23.0 Å². The average Bonchev–Trinajstić information content (AvgIpc) is 2.92. The number of carbonyl (C=O) groups is 1. The second kappa shape index (κ2) is 12.5. The molecular weight excluding hydrogens is 606 g/mol. The van der Waals surface area contributed by atoms with E-state index in [1.807, 2.05) is 39.8 Å². The minimum atomic E-state index is -0.629. The largest absolute Gasteiger partial charge is 0.490 e. The number of carbonyl (C=O) groups excluding carboxylic acids is 1. The summed E-state index contributed by atoms with van der Waals surface area (Å²) in [6, 6.07) is 15.2. The van der Waals surface area contributed by atoms with Crippen LogP contribution in [0, 0.1) is 17.0 Å². The number of ether oxygens (including phenoxy) is 2. The Morgan fingerprint density at radius 2 is 1.90 bits per heavy atom. The SMILES string of the molecule is CCOc1cc(C=Nn2c(C(C)(C)C)nc3ccc(Br)cc3c2=O)cc([N+](=O)[O-])c1OCC(=O)Nc1ccccc1C. The summed E-state index contributed by atoms with van der Waals surface area (Å²) >= 11 is 3.39. The van der Waals surface area contributed by atoms with Crippen molar-refractivity contribution in [2.24, 2.45) is 5.10 Å². The van der Waals surface area contributed by atoms with Gasteiger partial charge in [-0.3, -0.25) is 19.7 Å². The van der Waals surface area contributed by atoms with Crippen LogP contribution in [0.1, 0.15) is 44.6 Å². The molecule has 1 amide bonds. The van der Waals surface area contributed by atoms with Crippen LogP contribution in [-0.4, -0.2) is 39.9 Å². The molecule has 0 saturated heterocycles. The highest BCUT2D eigenvalue weighted by Gasteiger charge is 2.25. The van der Waals surface area contributed by atoms with Crippen molar-refractivity contribution in [3.8, 4) is 11.5 Å². The molecule has 0 radical (unpaired) electrons. The molecule has 4 aromatic rings. The first kappa shape index (κ1) is 30.4. The third-order valence-electron chi connectivity index (χ3n) is 6.12. The molecule has 0 unspecified atom stereocenters. The Balaban J connectivity index is 1.72. The predicted octanol–water partition coefficient (Wildman–Crippen LogP) is 5.97. The van der Waals surface area contributed by atoms with Crippen LogP contribution in [0.15, 0.2) is 69.0 Å². The number of hydrogen-bond donors (Lipinski definition) is 1. The Hall–Kier alpha value is -4.58. The Labute approximate surface area is 250 Å². The molecule has 0 saturated carbocycles. The molecule has 1 aromatic heterocycles. The van der Waals surface area contributed by atoms with Gasteiger partial charge in [0.2, 0.25) is 5.75 Å². The molecule has 0 atom stereocenters. The van der Waals surface area contributed by atoms with E-state index < -0.39 is 28.5 Å². The maximum atomic E-state index is 13.5. The highest BCUT2D eigenvalue weighted by molar-refractivity contribution is 9.10. The lowest BCUT2D eigenvalue weighted by Gasteiger charge is -2.21. The van der Waals surface area contributed by atoms with E-state index in [-0.39, 0.29) is 29.2 Å². The summed E-state index contributed by atoms with van der Waals surface area (Å²) < 4.78 is 13.2. The number of amides is 1. The monoisotopic (exact) mass is 635 g/mol. The van der Waals surface area contributed by atoms with E-state index in [2.05, 4.69) is 31.3 Å². The van der Waals surface area contributed by atoms with Crippen LogP contribution in [0.2, 0.25) is 0 Å². The Morgan fingerprint density at radius 1 is 1.17 bits per heavy atom. The molecule has 0 aliphatic heterocycles. The number of fused-ring (bicyclic) bond motifs is 1. The van der Waals surface area contributed by atoms with Crippen LogP contribution in [-0.2, 0) is 10.2 Å². The normalized spacial score (nSPS) is 11.6. The fourth-order valence-corrected chi connectivity index (χ4v) is 4.49. The van der Waals surface area contributed by atoms with Gasteiger partial charge in [0.05, 0.1) is 28.6 Å². The third kappa shape index (κ3) is 6.82. The molecule has 3 aromatic carbocycles. The van der Waals surface area contributed by atoms with Crippen LogP contribution in [0.4, 0.5) is 11.4 Å². The minimum absolute atomic E-state index is 0.0563. The number of nitrogens with one attached hydrogen (secondary N) is 1. The summed E-state index contributed by atoms with van der Waals surface area (Å²) in [6.07, 6.45) is 1.33. The zero-order valence-electron chi connectivity index (χ0n) is 23.8. The average molecular weight is 637 g/mol. The quantitative estimate of drug-likeness (QED) is 0.136. The van der Waals surface area contributed by atoms with Gasteiger partial charge in [-0.05, 0) is 49.7 Å². The Bertz CT molecular complexity index is 1760. The smallest absolute Gasteiger partial charge is 0.315 e. The number of nitro benzene ring substituents is 1. The van der Waals surface area contributed by atoms with E-state index in [1.54, 1.807) is 37.3 Å². The lowest BCUT2D eigenvalue weighted by molar-refractivity contribution is -0.385. The topological polar surface area (TPSA) is 138 Å². The van der Waals surface area contributed by atoms with Gasteiger partial charge in [0, 0.05) is 27.2 Å². The van der Waals surface area contributed by atoms with Gasteiger partial charge in [-0.1, -0.05) is 54.9 Å². The van der Waals surface area contributed by atoms with Crippen LogP contribution >= 0.6 is 15.9 Å². The fraction of sp³-hybridized carbons (Fsp3) is 0.267. The minimum Gasteiger partial charge on any atom is -0.490 e. The number of aromatic nitrogens is 2. The van der Waals surface area contributed by atoms with E-state index in [0.29, 0.717) is 26.9 Å². The van der Waals surface area contributed by atoms with Gasteiger partial charge in [0.1, 0.15) is 5.82 Å². The molecule has 0 bridgehead atoms. The van der Waals surface area contributed by atoms with Crippen molar-refractivity contribution in [1.82, 2.24) is 9.66 Å². The van der Waals surface area contributed by atoms with Gasteiger partial charge >= 0.3 is 5.69 Å². The van der Waals surface area contributed by atoms with Crippen LogP contribution in [0.5, 0.6) is 11.5 Å². The summed E-state index contributed by atoms with van der Waals surface area (Å²) in [5, 5.41) is 19.6. The first-order valence-electron chi connectivity index (χ1n) is 13.1. The lowest BCUT2D eigenvalue weighted by atomic mass is 9.95. The van der Waals surface area contributed by atoms with Gasteiger partial charge in [0.25, 0.3) is 11.5 Å². The molecule has 0 aliphatic carbocycles. The van der Waals surface area contributed by atoms with Crippen molar-refractivity contribution in [2.75, 3.05) is 18.5 Å². The highest BCUT2D eigenvalue weighted by atomic mass is 79.9. The van der Waals surface area contributed by atoms with Gasteiger partial charge in [-0.25, -0.2) is 4.98 Å². The number of para-hydroxylation sites is 1. The molecule has 11 nitrogen and oxygen atoms in total. The number of nitrogens with zero attached hydrogens (tertiary/aromatic N) is 4. The summed E-state index contributed by atoms with van der Waals surface area (Å²) in [4.78, 5) is 42.1. The van der Waals surface area contributed by atoms with Crippen LogP contribution < -0.4 is 20.3 Å². The standard InChI is InChI=1S/C30H30BrN5O6/c1-6-41-25-14-19(13-24(36(39)40)27(25)42-17-26(37)33-22-10-8-7-9-18(22)2)16-32-35-28(38)21-15-20(31)11-12-23(21)34-29(35)30(3,4)5/h7-16H,6,17H2,1-5H3,(H,33,37). The summed E-state index contributed by atoms with van der Waals surface area (Å²) in [5.41, 5.74) is 0.925. The number of anilines is 1. The second-order valence-corrected chi connectivity index (χ2v) is 11.3. The predicted molar refractivity (Wildman–Crippen MR) is 165 cm³/mol. The molecule has 12 heteroatoms. The Kier molecular flexibility index (Phi) is 9.05. The van der Waals surface area contributed by atoms with E-state index >= 15 is 0 Å². The van der Waals surface area contributed by atoms with Gasteiger partial charge in [0.15, 0.2) is 12.4 Å². The number of nitro groups is 1. The molecule has 0 fully saturated rings. The number of halogens is 1. The van der Waals surface area contributed by atoms with Crippen LogP contribution in [0.25, 0.3) is 10.9 Å². The highest BCUT2D eigenvalue weighted by Crippen LogP contribution is 2.38.